The molecule has 2 amide bonds. The molecule has 0 bridgehead atoms. The number of hydrogen-bond donors (Lipinski definition) is 5. The van der Waals surface area contributed by atoms with E-state index < -0.39 is 18.2 Å². The number of nitrogens with one attached hydrogen (secondary N) is 3. The molecule has 1 unspecified atom stereocenters. The fourth-order valence-corrected chi connectivity index (χ4v) is 4.39. The van der Waals surface area contributed by atoms with Crippen LogP contribution >= 0.6 is 0 Å². The van der Waals surface area contributed by atoms with Crippen LogP contribution in [-0.4, -0.2) is 53.1 Å². The lowest BCUT2D eigenvalue weighted by Gasteiger charge is -2.24. The highest BCUT2D eigenvalue weighted by atomic mass is 16.4. The number of carbonyl (C=O) groups is 2. The summed E-state index contributed by atoms with van der Waals surface area (Å²) in [5.41, 5.74) is 9.91. The van der Waals surface area contributed by atoms with E-state index in [4.69, 9.17) is 10.2 Å². The Balaban J connectivity index is 1.49. The monoisotopic (exact) mass is 479 g/mol. The number of benzene rings is 2. The maximum absolute atomic E-state index is 13.1. The molecule has 2 heterocycles. The Labute approximate surface area is 204 Å². The Kier molecular flexibility index (Phi) is 7.80. The predicted molar refractivity (Wildman–Crippen MR) is 133 cm³/mol. The van der Waals surface area contributed by atoms with Gasteiger partial charge in [-0.05, 0) is 61.9 Å². The van der Waals surface area contributed by atoms with Gasteiger partial charge >= 0.3 is 0 Å². The second kappa shape index (κ2) is 11.0. The molecule has 2 aromatic carbocycles. The topological polar surface area (TPSA) is 143 Å². The van der Waals surface area contributed by atoms with Gasteiger partial charge in [-0.2, -0.15) is 0 Å². The molecule has 6 N–H and O–H groups in total. The fraction of sp³-hybridized carbons (Fsp3) is 0.423. The second-order valence-corrected chi connectivity index (χ2v) is 9.21. The largest absolute Gasteiger partial charge is 0.438 e. The van der Waals surface area contributed by atoms with Gasteiger partial charge in [0.05, 0.1) is 18.6 Å². The summed E-state index contributed by atoms with van der Waals surface area (Å²) in [5.74, 6) is -0.319. The lowest BCUT2D eigenvalue weighted by atomic mass is 10.00. The van der Waals surface area contributed by atoms with Gasteiger partial charge in [0, 0.05) is 12.6 Å². The molecule has 3 aromatic rings. The van der Waals surface area contributed by atoms with Crippen LogP contribution in [0.2, 0.25) is 0 Å². The van der Waals surface area contributed by atoms with Crippen molar-refractivity contribution >= 4 is 22.9 Å². The smallest absolute Gasteiger partial charge is 0.237 e. The first-order valence-electron chi connectivity index (χ1n) is 12.0. The van der Waals surface area contributed by atoms with Crippen molar-refractivity contribution in [1.82, 2.24) is 20.9 Å². The Bertz CT molecular complexity index is 1140. The van der Waals surface area contributed by atoms with Gasteiger partial charge in [-0.3, -0.25) is 9.59 Å². The third-order valence-electron chi connectivity index (χ3n) is 6.57. The van der Waals surface area contributed by atoms with Crippen molar-refractivity contribution < 1.29 is 19.1 Å². The number of aromatic nitrogens is 1. The number of aliphatic hydroxyl groups is 1. The maximum atomic E-state index is 13.1. The third-order valence-corrected chi connectivity index (χ3v) is 6.57. The number of aryl methyl sites for hydroxylation is 3. The average molecular weight is 480 g/mol. The van der Waals surface area contributed by atoms with Crippen LogP contribution in [0, 0.1) is 13.8 Å². The maximum Gasteiger partial charge on any atom is 0.237 e. The number of amides is 2. The van der Waals surface area contributed by atoms with Crippen LogP contribution in [0.5, 0.6) is 0 Å². The molecule has 4 atom stereocenters. The SMILES string of the molecule is Cc1cc2nc(C(O)[C@@H](CCc3ccccc3)NC(=O)[C@@H]3C[C@@H](NC(=O)CN)CN3)oc2cc1C. The van der Waals surface area contributed by atoms with Crippen LogP contribution in [0.15, 0.2) is 46.9 Å². The molecular formula is C26H33N5O4. The molecule has 1 fully saturated rings. The number of nitrogens with zero attached hydrogens (tertiary/aromatic N) is 1. The van der Waals surface area contributed by atoms with E-state index in [-0.39, 0.29) is 30.3 Å². The molecule has 1 aromatic heterocycles. The van der Waals surface area contributed by atoms with Crippen LogP contribution in [-0.2, 0) is 16.0 Å². The summed E-state index contributed by atoms with van der Waals surface area (Å²) >= 11 is 0. The molecule has 4 rings (SSSR count). The lowest BCUT2D eigenvalue weighted by Crippen LogP contribution is -2.47. The van der Waals surface area contributed by atoms with Gasteiger partial charge in [0.1, 0.15) is 5.52 Å². The van der Waals surface area contributed by atoms with E-state index >= 15 is 0 Å². The van der Waals surface area contributed by atoms with Gasteiger partial charge in [0.2, 0.25) is 17.7 Å². The average Bonchev–Trinajstić information content (AvgIpc) is 3.49. The lowest BCUT2D eigenvalue weighted by molar-refractivity contribution is -0.125. The van der Waals surface area contributed by atoms with Crippen LogP contribution in [0.1, 0.15) is 41.5 Å². The summed E-state index contributed by atoms with van der Waals surface area (Å²) in [5, 5.41) is 20.2. The number of carbonyl (C=O) groups excluding carboxylic acids is 2. The first kappa shape index (κ1) is 24.8. The van der Waals surface area contributed by atoms with E-state index in [0.717, 1.165) is 16.7 Å². The number of fused-ring (bicyclic) bond motifs is 1. The highest BCUT2D eigenvalue weighted by molar-refractivity contribution is 5.83. The molecule has 1 aliphatic heterocycles. The minimum atomic E-state index is -1.12. The first-order chi connectivity index (χ1) is 16.8. The van der Waals surface area contributed by atoms with Crippen LogP contribution in [0.25, 0.3) is 11.1 Å². The molecule has 9 nitrogen and oxygen atoms in total. The van der Waals surface area contributed by atoms with Gasteiger partial charge in [-0.15, -0.1) is 0 Å². The summed E-state index contributed by atoms with van der Waals surface area (Å²) in [6, 6.07) is 12.5. The molecular weight excluding hydrogens is 446 g/mol. The van der Waals surface area contributed by atoms with Gasteiger partial charge in [0.15, 0.2) is 11.7 Å². The van der Waals surface area contributed by atoms with Gasteiger partial charge in [0.25, 0.3) is 0 Å². The number of hydrogen-bond acceptors (Lipinski definition) is 7. The molecule has 0 radical (unpaired) electrons. The minimum absolute atomic E-state index is 0.0926. The summed E-state index contributed by atoms with van der Waals surface area (Å²) in [7, 11) is 0. The Morgan fingerprint density at radius 1 is 1.23 bits per heavy atom. The third kappa shape index (κ3) is 6.05. The normalized spacial score (nSPS) is 19.4. The first-order valence-corrected chi connectivity index (χ1v) is 12.0. The fourth-order valence-electron chi connectivity index (χ4n) is 4.39. The summed E-state index contributed by atoms with van der Waals surface area (Å²) < 4.78 is 5.89. The Hall–Kier alpha value is -3.27. The van der Waals surface area contributed by atoms with Crippen molar-refractivity contribution in [1.29, 1.82) is 0 Å². The molecule has 0 aliphatic carbocycles. The van der Waals surface area contributed by atoms with E-state index in [1.807, 2.05) is 56.3 Å². The van der Waals surface area contributed by atoms with E-state index in [2.05, 4.69) is 20.9 Å². The van der Waals surface area contributed by atoms with Crippen molar-refractivity contribution in [2.45, 2.75) is 57.3 Å². The number of oxazole rings is 1. The zero-order valence-corrected chi connectivity index (χ0v) is 20.1. The quantitative estimate of drug-likeness (QED) is 0.312. The molecule has 0 spiro atoms. The number of aliphatic hydroxyl groups excluding tert-OH is 1. The second-order valence-electron chi connectivity index (χ2n) is 9.21. The Morgan fingerprint density at radius 3 is 2.71 bits per heavy atom. The Morgan fingerprint density at radius 2 is 1.97 bits per heavy atom. The highest BCUT2D eigenvalue weighted by Crippen LogP contribution is 2.26. The van der Waals surface area contributed by atoms with E-state index in [0.29, 0.717) is 36.9 Å². The summed E-state index contributed by atoms with van der Waals surface area (Å²) in [4.78, 5) is 29.2. The van der Waals surface area contributed by atoms with Crippen LogP contribution < -0.4 is 21.7 Å². The van der Waals surface area contributed by atoms with Crippen LogP contribution in [0.4, 0.5) is 0 Å². The zero-order chi connectivity index (χ0) is 24.9. The summed E-state index contributed by atoms with van der Waals surface area (Å²) in [6.07, 6.45) is 0.480. The zero-order valence-electron chi connectivity index (χ0n) is 20.1. The van der Waals surface area contributed by atoms with Crippen LogP contribution in [0.3, 0.4) is 0 Å². The van der Waals surface area contributed by atoms with Gasteiger partial charge < -0.3 is 31.2 Å². The molecule has 186 valence electrons. The number of rotatable bonds is 9. The minimum Gasteiger partial charge on any atom is -0.438 e. The molecule has 1 aliphatic rings. The van der Waals surface area contributed by atoms with Crippen molar-refractivity contribution in [3.63, 3.8) is 0 Å². The molecule has 1 saturated heterocycles. The van der Waals surface area contributed by atoms with Crippen molar-refractivity contribution in [2.24, 2.45) is 5.73 Å². The molecule has 9 heteroatoms. The van der Waals surface area contributed by atoms with E-state index in [1.165, 1.54) is 0 Å². The van der Waals surface area contributed by atoms with E-state index in [9.17, 15) is 14.7 Å². The number of nitrogens with two attached hydrogens (primary N) is 1. The van der Waals surface area contributed by atoms with E-state index in [1.54, 1.807) is 0 Å². The van der Waals surface area contributed by atoms with Gasteiger partial charge in [-0.25, -0.2) is 4.98 Å². The molecule has 35 heavy (non-hydrogen) atoms. The van der Waals surface area contributed by atoms with Crippen molar-refractivity contribution in [2.75, 3.05) is 13.1 Å². The van der Waals surface area contributed by atoms with Crippen molar-refractivity contribution in [3.05, 3.63) is 65.0 Å². The predicted octanol–water partition coefficient (Wildman–Crippen LogP) is 1.40. The summed E-state index contributed by atoms with van der Waals surface area (Å²) in [6.45, 7) is 4.38. The van der Waals surface area contributed by atoms with Crippen molar-refractivity contribution in [3.8, 4) is 0 Å². The molecule has 0 saturated carbocycles. The standard InChI is InChI=1S/C26H33N5O4/c1-15-10-20-22(11-16(15)2)35-26(31-20)24(33)19(9-8-17-6-4-3-5-7-17)30-25(34)21-12-18(14-28-21)29-23(32)13-27/h3-7,10-11,18-19,21,24,28,33H,8-9,12-14,27H2,1-2H3,(H,29,32)(H,30,34)/t18-,19-,21+,24?/m1/s1. The van der Waals surface area contributed by atoms with Gasteiger partial charge in [-0.1, -0.05) is 30.3 Å². The highest BCUT2D eigenvalue weighted by Gasteiger charge is 2.34.